The Hall–Kier alpha value is -1.13. The van der Waals surface area contributed by atoms with Gasteiger partial charge in [0.2, 0.25) is 0 Å². The van der Waals surface area contributed by atoms with Crippen molar-refractivity contribution < 1.29 is 19.3 Å². The number of hydrogen-bond donors (Lipinski definition) is 2. The van der Waals surface area contributed by atoms with E-state index in [4.69, 9.17) is 4.74 Å². The molecule has 0 heterocycles. The highest BCUT2D eigenvalue weighted by molar-refractivity contribution is 5.31. The minimum Gasteiger partial charge on any atom is -0.494 e. The van der Waals surface area contributed by atoms with Crippen LogP contribution in [0, 0.1) is 11.2 Å². The van der Waals surface area contributed by atoms with E-state index in [1.807, 2.05) is 6.92 Å². The smallest absolute Gasteiger partial charge is 0.168 e. The van der Waals surface area contributed by atoms with Crippen molar-refractivity contribution in [2.75, 3.05) is 20.3 Å². The van der Waals surface area contributed by atoms with Crippen molar-refractivity contribution in [1.29, 1.82) is 0 Å². The van der Waals surface area contributed by atoms with Crippen LogP contribution in [0.3, 0.4) is 0 Å². The molecule has 0 aliphatic heterocycles. The summed E-state index contributed by atoms with van der Waals surface area (Å²) in [6.07, 6.45) is 1.78. The molecule has 0 fully saturated rings. The minimum absolute atomic E-state index is 0.159. The monoisotopic (exact) mass is 256 g/mol. The van der Waals surface area contributed by atoms with Gasteiger partial charge in [0.1, 0.15) is 0 Å². The number of aliphatic hydroxyl groups is 2. The lowest BCUT2D eigenvalue weighted by Gasteiger charge is -2.29. The quantitative estimate of drug-likeness (QED) is 0.786. The maximum atomic E-state index is 14.0. The number of halogens is 1. The van der Waals surface area contributed by atoms with Crippen molar-refractivity contribution in [2.45, 2.75) is 26.2 Å². The van der Waals surface area contributed by atoms with Gasteiger partial charge in [-0.3, -0.25) is 0 Å². The van der Waals surface area contributed by atoms with Crippen molar-refractivity contribution in [3.05, 3.63) is 29.6 Å². The molecule has 0 atom stereocenters. The van der Waals surface area contributed by atoms with Crippen LogP contribution in [0.15, 0.2) is 18.2 Å². The molecule has 1 aromatic rings. The van der Waals surface area contributed by atoms with Crippen LogP contribution >= 0.6 is 0 Å². The van der Waals surface area contributed by atoms with E-state index in [9.17, 15) is 14.6 Å². The molecule has 0 aliphatic rings. The number of rotatable bonds is 7. The topological polar surface area (TPSA) is 49.7 Å². The third-order valence-corrected chi connectivity index (χ3v) is 3.28. The summed E-state index contributed by atoms with van der Waals surface area (Å²) in [5, 5.41) is 18.9. The second kappa shape index (κ2) is 6.71. The predicted octanol–water partition coefficient (Wildman–Crippen LogP) is 2.15. The molecule has 0 aliphatic carbocycles. The lowest BCUT2D eigenvalue weighted by molar-refractivity contribution is 0.0459. The molecule has 1 rings (SSSR count). The molecule has 0 spiro atoms. The van der Waals surface area contributed by atoms with E-state index in [-0.39, 0.29) is 19.0 Å². The highest BCUT2D eigenvalue weighted by atomic mass is 19.1. The van der Waals surface area contributed by atoms with Crippen LogP contribution in [0.25, 0.3) is 0 Å². The highest BCUT2D eigenvalue weighted by Crippen LogP contribution is 2.31. The van der Waals surface area contributed by atoms with Gasteiger partial charge in [-0.1, -0.05) is 25.5 Å². The van der Waals surface area contributed by atoms with Gasteiger partial charge in [0.05, 0.1) is 20.3 Å². The van der Waals surface area contributed by atoms with E-state index in [1.54, 1.807) is 18.2 Å². The van der Waals surface area contributed by atoms with Crippen LogP contribution in [0.1, 0.15) is 25.3 Å². The molecule has 102 valence electrons. The van der Waals surface area contributed by atoms with Gasteiger partial charge in [-0.15, -0.1) is 0 Å². The number of aliphatic hydroxyl groups excluding tert-OH is 2. The van der Waals surface area contributed by atoms with Gasteiger partial charge in [-0.25, -0.2) is 4.39 Å². The molecular weight excluding hydrogens is 235 g/mol. The summed E-state index contributed by atoms with van der Waals surface area (Å²) in [5.41, 5.74) is -0.201. The van der Waals surface area contributed by atoms with Gasteiger partial charge < -0.3 is 14.9 Å². The van der Waals surface area contributed by atoms with Gasteiger partial charge in [-0.05, 0) is 24.5 Å². The van der Waals surface area contributed by atoms with Crippen molar-refractivity contribution in [1.82, 2.24) is 0 Å². The van der Waals surface area contributed by atoms with E-state index >= 15 is 0 Å². The molecule has 3 nitrogen and oxygen atoms in total. The Morgan fingerprint density at radius 3 is 2.44 bits per heavy atom. The molecule has 0 saturated heterocycles. The zero-order valence-electron chi connectivity index (χ0n) is 10.9. The Bertz CT molecular complexity index is 375. The Kier molecular flexibility index (Phi) is 5.56. The first-order valence-electron chi connectivity index (χ1n) is 6.15. The second-order valence-electron chi connectivity index (χ2n) is 4.68. The van der Waals surface area contributed by atoms with Gasteiger partial charge in [0, 0.05) is 5.41 Å². The first-order chi connectivity index (χ1) is 8.62. The van der Waals surface area contributed by atoms with Crippen LogP contribution in [-0.4, -0.2) is 30.5 Å². The Morgan fingerprint density at radius 2 is 1.94 bits per heavy atom. The third kappa shape index (κ3) is 3.21. The van der Waals surface area contributed by atoms with Gasteiger partial charge in [0.25, 0.3) is 0 Å². The van der Waals surface area contributed by atoms with E-state index in [0.29, 0.717) is 18.4 Å². The normalized spacial score (nSPS) is 11.6. The lowest BCUT2D eigenvalue weighted by Crippen LogP contribution is -2.32. The fourth-order valence-electron chi connectivity index (χ4n) is 2.19. The standard InChI is InChI=1S/C14H21FO3/c1-3-7-14(9-16,10-17)8-11-5-4-6-12(18-2)13(11)15/h4-6,16-17H,3,7-10H2,1-2H3. The molecule has 0 saturated carbocycles. The Morgan fingerprint density at radius 1 is 1.28 bits per heavy atom. The van der Waals surface area contributed by atoms with Crippen molar-refractivity contribution in [2.24, 2.45) is 5.41 Å². The minimum atomic E-state index is -0.665. The summed E-state index contributed by atoms with van der Waals surface area (Å²) in [7, 11) is 1.42. The zero-order valence-corrected chi connectivity index (χ0v) is 10.9. The highest BCUT2D eigenvalue weighted by Gasteiger charge is 2.29. The molecule has 4 heteroatoms. The van der Waals surface area contributed by atoms with Crippen LogP contribution in [0.2, 0.25) is 0 Å². The maximum Gasteiger partial charge on any atom is 0.168 e. The van der Waals surface area contributed by atoms with E-state index in [2.05, 4.69) is 0 Å². The fraction of sp³-hybridized carbons (Fsp3) is 0.571. The largest absolute Gasteiger partial charge is 0.494 e. The fourth-order valence-corrected chi connectivity index (χ4v) is 2.19. The van der Waals surface area contributed by atoms with Crippen molar-refractivity contribution in [3.8, 4) is 5.75 Å². The van der Waals surface area contributed by atoms with E-state index < -0.39 is 11.2 Å². The van der Waals surface area contributed by atoms with Crippen molar-refractivity contribution >= 4 is 0 Å². The number of hydrogen-bond acceptors (Lipinski definition) is 3. The Balaban J connectivity index is 3.00. The second-order valence-corrected chi connectivity index (χ2v) is 4.68. The molecule has 1 aromatic carbocycles. The van der Waals surface area contributed by atoms with Gasteiger partial charge in [-0.2, -0.15) is 0 Å². The maximum absolute atomic E-state index is 14.0. The van der Waals surface area contributed by atoms with Gasteiger partial charge in [0.15, 0.2) is 11.6 Å². The first-order valence-corrected chi connectivity index (χ1v) is 6.15. The summed E-state index contributed by atoms with van der Waals surface area (Å²) in [6, 6.07) is 4.93. The average molecular weight is 256 g/mol. The Labute approximate surface area is 107 Å². The van der Waals surface area contributed by atoms with Crippen molar-refractivity contribution in [3.63, 3.8) is 0 Å². The van der Waals surface area contributed by atoms with Crippen LogP contribution in [-0.2, 0) is 6.42 Å². The van der Waals surface area contributed by atoms with Crippen LogP contribution in [0.5, 0.6) is 5.75 Å². The third-order valence-electron chi connectivity index (χ3n) is 3.28. The number of ether oxygens (including phenoxy) is 1. The molecule has 0 unspecified atom stereocenters. The molecule has 0 bridgehead atoms. The summed E-state index contributed by atoms with van der Waals surface area (Å²) in [5.74, 6) is -0.226. The average Bonchev–Trinajstić information content (AvgIpc) is 2.40. The molecular formula is C14H21FO3. The van der Waals surface area contributed by atoms with Gasteiger partial charge >= 0.3 is 0 Å². The van der Waals surface area contributed by atoms with E-state index in [1.165, 1.54) is 7.11 Å². The summed E-state index contributed by atoms with van der Waals surface area (Å²) in [6.45, 7) is 1.66. The molecule has 2 N–H and O–H groups in total. The summed E-state index contributed by atoms with van der Waals surface area (Å²) < 4.78 is 19.0. The first kappa shape index (κ1) is 14.9. The lowest BCUT2D eigenvalue weighted by atomic mass is 9.79. The molecule has 0 radical (unpaired) electrons. The van der Waals surface area contributed by atoms with E-state index in [0.717, 1.165) is 6.42 Å². The van der Waals surface area contributed by atoms with Crippen LogP contribution in [0.4, 0.5) is 4.39 Å². The number of methoxy groups -OCH3 is 1. The summed E-state index contributed by atoms with van der Waals surface area (Å²) in [4.78, 5) is 0. The number of benzene rings is 1. The summed E-state index contributed by atoms with van der Waals surface area (Å²) >= 11 is 0. The molecule has 18 heavy (non-hydrogen) atoms. The molecule has 0 aromatic heterocycles. The van der Waals surface area contributed by atoms with Crippen LogP contribution < -0.4 is 4.74 Å². The molecule has 0 amide bonds. The predicted molar refractivity (Wildman–Crippen MR) is 68.2 cm³/mol. The zero-order chi connectivity index (χ0) is 13.6. The SMILES string of the molecule is CCCC(CO)(CO)Cc1cccc(OC)c1F.